The lowest BCUT2D eigenvalue weighted by Gasteiger charge is -2.12. The van der Waals surface area contributed by atoms with Gasteiger partial charge in [-0.25, -0.2) is 4.99 Å². The van der Waals surface area contributed by atoms with Gasteiger partial charge in [-0.1, -0.05) is 13.0 Å². The number of rotatable bonds is 7. The van der Waals surface area contributed by atoms with Gasteiger partial charge in [-0.2, -0.15) is 0 Å². The molecular formula is C16H25N7. The minimum Gasteiger partial charge on any atom is -0.357 e. The number of hydrogen-bond donors (Lipinski definition) is 2. The van der Waals surface area contributed by atoms with Gasteiger partial charge in [0.2, 0.25) is 0 Å². The monoisotopic (exact) mass is 315 g/mol. The molecule has 7 nitrogen and oxygen atoms in total. The molecule has 0 bridgehead atoms. The zero-order valence-electron chi connectivity index (χ0n) is 14.1. The van der Waals surface area contributed by atoms with Crippen molar-refractivity contribution in [3.8, 4) is 0 Å². The lowest BCUT2D eigenvalue weighted by atomic mass is 10.2. The molecule has 0 radical (unpaired) electrons. The number of hydrogen-bond acceptors (Lipinski definition) is 4. The Morgan fingerprint density at radius 1 is 1.30 bits per heavy atom. The predicted octanol–water partition coefficient (Wildman–Crippen LogP) is 1.30. The van der Waals surface area contributed by atoms with Crippen LogP contribution in [0.15, 0.2) is 29.6 Å². The summed E-state index contributed by atoms with van der Waals surface area (Å²) in [6, 6.07) is 3.99. The second-order valence-corrected chi connectivity index (χ2v) is 5.18. The molecule has 2 aromatic heterocycles. The quantitative estimate of drug-likeness (QED) is 0.595. The van der Waals surface area contributed by atoms with Crippen LogP contribution in [-0.2, 0) is 19.5 Å². The van der Waals surface area contributed by atoms with Crippen LogP contribution in [0.4, 0.5) is 0 Å². The van der Waals surface area contributed by atoms with Gasteiger partial charge in [-0.3, -0.25) is 4.98 Å². The van der Waals surface area contributed by atoms with Gasteiger partial charge in [0.1, 0.15) is 12.2 Å². The Kier molecular flexibility index (Phi) is 6.53. The van der Waals surface area contributed by atoms with Crippen LogP contribution < -0.4 is 10.6 Å². The third-order valence-corrected chi connectivity index (χ3v) is 3.51. The molecular weight excluding hydrogens is 290 g/mol. The first-order chi connectivity index (χ1) is 11.2. The lowest BCUT2D eigenvalue weighted by molar-refractivity contribution is 0.632. The molecule has 23 heavy (non-hydrogen) atoms. The Labute approximate surface area is 137 Å². The fourth-order valence-corrected chi connectivity index (χ4v) is 2.21. The van der Waals surface area contributed by atoms with Crippen LogP contribution in [0.5, 0.6) is 0 Å². The number of nitrogens with zero attached hydrogens (tertiary/aromatic N) is 5. The summed E-state index contributed by atoms with van der Waals surface area (Å²) in [6.07, 6.45) is 4.45. The van der Waals surface area contributed by atoms with Gasteiger partial charge in [0, 0.05) is 32.3 Å². The van der Waals surface area contributed by atoms with Crippen LogP contribution in [0.3, 0.4) is 0 Å². The van der Waals surface area contributed by atoms with Crippen LogP contribution >= 0.6 is 0 Å². The summed E-state index contributed by atoms with van der Waals surface area (Å²) in [4.78, 5) is 8.97. The van der Waals surface area contributed by atoms with E-state index >= 15 is 0 Å². The molecule has 0 aliphatic heterocycles. The van der Waals surface area contributed by atoms with Gasteiger partial charge in [-0.15, -0.1) is 10.2 Å². The molecule has 0 aliphatic carbocycles. The molecule has 0 saturated carbocycles. The van der Waals surface area contributed by atoms with E-state index < -0.39 is 0 Å². The highest BCUT2D eigenvalue weighted by molar-refractivity contribution is 5.79. The molecule has 0 aliphatic rings. The Balaban J connectivity index is 1.90. The van der Waals surface area contributed by atoms with Crippen molar-refractivity contribution < 1.29 is 0 Å². The Morgan fingerprint density at radius 2 is 2.17 bits per heavy atom. The predicted molar refractivity (Wildman–Crippen MR) is 91.2 cm³/mol. The molecule has 0 saturated heterocycles. The van der Waals surface area contributed by atoms with E-state index in [2.05, 4.69) is 62.2 Å². The van der Waals surface area contributed by atoms with Crippen molar-refractivity contribution in [2.45, 2.75) is 40.3 Å². The summed E-state index contributed by atoms with van der Waals surface area (Å²) in [5, 5.41) is 14.6. The lowest BCUT2D eigenvalue weighted by Crippen LogP contribution is -2.39. The van der Waals surface area contributed by atoms with E-state index in [0.717, 1.165) is 49.1 Å². The second kappa shape index (κ2) is 8.87. The molecule has 2 N–H and O–H groups in total. The van der Waals surface area contributed by atoms with Crippen molar-refractivity contribution in [3.05, 3.63) is 41.7 Å². The molecule has 0 fully saturated rings. The van der Waals surface area contributed by atoms with Crippen LogP contribution in [0.2, 0.25) is 0 Å². The zero-order chi connectivity index (χ0) is 16.5. The highest BCUT2D eigenvalue weighted by Gasteiger charge is 2.03. The Hall–Kier alpha value is -2.44. The molecule has 0 amide bonds. The Morgan fingerprint density at radius 3 is 2.91 bits per heavy atom. The first kappa shape index (κ1) is 16.9. The number of pyridine rings is 1. The minimum absolute atomic E-state index is 0.564. The van der Waals surface area contributed by atoms with Crippen molar-refractivity contribution in [2.75, 3.05) is 13.1 Å². The molecule has 2 heterocycles. The second-order valence-electron chi connectivity index (χ2n) is 5.18. The molecule has 0 spiro atoms. The van der Waals surface area contributed by atoms with E-state index in [-0.39, 0.29) is 0 Å². The van der Waals surface area contributed by atoms with Crippen LogP contribution in [-0.4, -0.2) is 38.8 Å². The number of aliphatic imine (C=N–C) groups is 1. The largest absolute Gasteiger partial charge is 0.357 e. The summed E-state index contributed by atoms with van der Waals surface area (Å²) >= 11 is 0. The maximum absolute atomic E-state index is 4.60. The van der Waals surface area contributed by atoms with Gasteiger partial charge < -0.3 is 15.2 Å². The summed E-state index contributed by atoms with van der Waals surface area (Å²) in [6.45, 7) is 9.14. The van der Waals surface area contributed by atoms with E-state index in [1.54, 1.807) is 12.5 Å². The van der Waals surface area contributed by atoms with Crippen molar-refractivity contribution in [2.24, 2.45) is 4.99 Å². The normalized spacial score (nSPS) is 11.5. The van der Waals surface area contributed by atoms with Crippen molar-refractivity contribution in [1.29, 1.82) is 0 Å². The first-order valence-electron chi connectivity index (χ1n) is 8.04. The Bertz CT molecular complexity index is 633. The summed E-state index contributed by atoms with van der Waals surface area (Å²) in [7, 11) is 0. The third-order valence-electron chi connectivity index (χ3n) is 3.51. The fraction of sp³-hybridized carbons (Fsp3) is 0.500. The van der Waals surface area contributed by atoms with E-state index in [4.69, 9.17) is 0 Å². The maximum Gasteiger partial charge on any atom is 0.191 e. The molecule has 124 valence electrons. The molecule has 2 aromatic rings. The van der Waals surface area contributed by atoms with Crippen molar-refractivity contribution in [1.82, 2.24) is 30.4 Å². The van der Waals surface area contributed by atoms with E-state index in [1.165, 1.54) is 0 Å². The van der Waals surface area contributed by atoms with Crippen molar-refractivity contribution >= 4 is 5.96 Å². The average molecular weight is 315 g/mol. The number of guanidine groups is 1. The SMILES string of the molecule is CCNC(=NCc1ncccc1C)NCCn1cnnc1CC. The van der Waals surface area contributed by atoms with E-state index in [1.807, 2.05) is 6.07 Å². The van der Waals surface area contributed by atoms with Crippen LogP contribution in [0, 0.1) is 6.92 Å². The standard InChI is InChI=1S/C16H25N7/c1-4-15-22-21-12-23(15)10-9-19-16(17-5-2)20-11-14-13(3)7-6-8-18-14/h6-8,12H,4-5,9-11H2,1-3H3,(H2,17,19,20). The molecule has 0 unspecified atom stereocenters. The van der Waals surface area contributed by atoms with Gasteiger partial charge in [0.05, 0.1) is 12.2 Å². The number of aryl methyl sites for hydroxylation is 2. The smallest absolute Gasteiger partial charge is 0.191 e. The highest BCUT2D eigenvalue weighted by atomic mass is 15.3. The van der Waals surface area contributed by atoms with Crippen molar-refractivity contribution in [3.63, 3.8) is 0 Å². The minimum atomic E-state index is 0.564. The molecule has 0 atom stereocenters. The molecule has 7 heteroatoms. The van der Waals surface area contributed by atoms with Gasteiger partial charge >= 0.3 is 0 Å². The number of nitrogens with one attached hydrogen (secondary N) is 2. The van der Waals surface area contributed by atoms with Gasteiger partial charge in [-0.05, 0) is 25.5 Å². The van der Waals surface area contributed by atoms with Gasteiger partial charge in [0.15, 0.2) is 5.96 Å². The topological polar surface area (TPSA) is 80.0 Å². The third kappa shape index (κ3) is 5.05. The summed E-state index contributed by atoms with van der Waals surface area (Å²) in [5.74, 6) is 1.79. The average Bonchev–Trinajstić information content (AvgIpc) is 3.01. The van der Waals surface area contributed by atoms with Crippen LogP contribution in [0.25, 0.3) is 0 Å². The molecule has 0 aromatic carbocycles. The highest BCUT2D eigenvalue weighted by Crippen LogP contribution is 2.04. The summed E-state index contributed by atoms with van der Waals surface area (Å²) < 4.78 is 2.06. The fourth-order valence-electron chi connectivity index (χ4n) is 2.21. The maximum atomic E-state index is 4.60. The van der Waals surface area contributed by atoms with E-state index in [0.29, 0.717) is 6.54 Å². The molecule has 2 rings (SSSR count). The first-order valence-corrected chi connectivity index (χ1v) is 8.04. The van der Waals surface area contributed by atoms with Crippen LogP contribution in [0.1, 0.15) is 30.9 Å². The number of aromatic nitrogens is 4. The summed E-state index contributed by atoms with van der Waals surface area (Å²) in [5.41, 5.74) is 2.15. The zero-order valence-corrected chi connectivity index (χ0v) is 14.1. The van der Waals surface area contributed by atoms with E-state index in [9.17, 15) is 0 Å². The van der Waals surface area contributed by atoms with Gasteiger partial charge in [0.25, 0.3) is 0 Å².